The molecule has 0 aliphatic rings. The van der Waals surface area contributed by atoms with Gasteiger partial charge in [0.1, 0.15) is 0 Å². The van der Waals surface area contributed by atoms with E-state index in [4.69, 9.17) is 13.0 Å². The Morgan fingerprint density at radius 3 is 1.25 bits per heavy atom. The first-order valence-electron chi connectivity index (χ1n) is 0.654. The molecular weight excluding hydrogens is 193 g/mol. The third-order valence-electron chi connectivity index (χ3n) is 0. The van der Waals surface area contributed by atoms with Crippen LogP contribution in [0.2, 0.25) is 0 Å². The quantitative estimate of drug-likeness (QED) is 0.218. The Morgan fingerprint density at radius 1 is 1.25 bits per heavy atom. The Hall–Kier alpha value is 0.219. The molecule has 3 nitrogen and oxygen atoms in total. The van der Waals surface area contributed by atoms with E-state index >= 15 is 0 Å². The standard InChI is InChI=1S/FHO3S.2FH.Fe/c1-5(2,3)4;;;/h(H,2,3,4);2*1H;/q;;;+3/p-3. The van der Waals surface area contributed by atoms with Crippen molar-refractivity contribution in [2.45, 2.75) is 0 Å². The van der Waals surface area contributed by atoms with Crippen LogP contribution < -0.4 is 9.41 Å². The Kier molecular flexibility index (Phi) is 21.7. The molecule has 1 radical (unpaired) electrons. The van der Waals surface area contributed by atoms with Crippen LogP contribution in [0.5, 0.6) is 0 Å². The average Bonchev–Trinajstić information content (AvgIpc) is 0.722. The summed E-state index contributed by atoms with van der Waals surface area (Å²) in [5.41, 5.74) is 0. The van der Waals surface area contributed by atoms with Gasteiger partial charge in [-0.3, -0.25) is 0 Å². The number of rotatable bonds is 0. The van der Waals surface area contributed by atoms with Crippen molar-refractivity contribution >= 4 is 10.5 Å². The minimum absolute atomic E-state index is 0. The molecule has 0 saturated carbocycles. The van der Waals surface area contributed by atoms with Crippen LogP contribution in [0.3, 0.4) is 0 Å². The van der Waals surface area contributed by atoms with Crippen molar-refractivity contribution in [1.82, 2.24) is 0 Å². The normalized spacial score (nSPS) is 7.25. The molecule has 0 heterocycles. The molecule has 0 aromatic rings. The largest absolute Gasteiger partial charge is 3.00 e. The van der Waals surface area contributed by atoms with Crippen LogP contribution in [-0.2, 0) is 27.6 Å². The van der Waals surface area contributed by atoms with E-state index in [1.807, 2.05) is 0 Å². The molecule has 0 bridgehead atoms. The summed E-state index contributed by atoms with van der Waals surface area (Å²) in [5, 5.41) is 0. The summed E-state index contributed by atoms with van der Waals surface area (Å²) in [4.78, 5) is 0. The van der Waals surface area contributed by atoms with E-state index in [2.05, 4.69) is 0 Å². The molecule has 0 unspecified atom stereocenters. The number of hydrogen-bond acceptors (Lipinski definition) is 3. The Labute approximate surface area is 54.5 Å². The minimum Gasteiger partial charge on any atom is -1.00 e. The molecule has 0 aliphatic heterocycles. The fourth-order valence-electron chi connectivity index (χ4n) is 0. The summed E-state index contributed by atoms with van der Waals surface area (Å²) >= 11 is 0. The van der Waals surface area contributed by atoms with E-state index in [-0.39, 0.29) is 26.5 Å². The summed E-state index contributed by atoms with van der Waals surface area (Å²) in [6.45, 7) is 0. The molecule has 0 saturated heterocycles. The van der Waals surface area contributed by atoms with E-state index < -0.39 is 10.5 Å². The molecule has 53 valence electrons. The van der Waals surface area contributed by atoms with Gasteiger partial charge < -0.3 is 14.0 Å². The molecule has 0 N–H and O–H groups in total. The average molecular weight is 193 g/mol. The zero-order valence-electron chi connectivity index (χ0n) is 3.12. The monoisotopic (exact) mass is 193 g/mol. The summed E-state index contributed by atoms with van der Waals surface area (Å²) in [6.07, 6.45) is 0. The zero-order chi connectivity index (χ0) is 4.50. The second-order valence-electron chi connectivity index (χ2n) is 0.393. The van der Waals surface area contributed by atoms with Crippen molar-refractivity contribution in [2.24, 2.45) is 0 Å². The molecule has 0 amide bonds. The van der Waals surface area contributed by atoms with Crippen LogP contribution in [0.15, 0.2) is 0 Å². The number of hydrogen-bond donors (Lipinski definition) is 0. The van der Waals surface area contributed by atoms with Crippen molar-refractivity contribution in [2.75, 3.05) is 0 Å². The molecule has 0 fully saturated rings. The molecule has 8 heteroatoms. The molecule has 8 heavy (non-hydrogen) atoms. The van der Waals surface area contributed by atoms with Gasteiger partial charge in [-0.1, -0.05) is 0 Å². The van der Waals surface area contributed by atoms with Gasteiger partial charge in [0, 0.05) is 0 Å². The van der Waals surface area contributed by atoms with E-state index in [9.17, 15) is 3.89 Å². The van der Waals surface area contributed by atoms with E-state index in [1.54, 1.807) is 0 Å². The summed E-state index contributed by atoms with van der Waals surface area (Å²) in [7, 11) is -5.42. The van der Waals surface area contributed by atoms with Crippen molar-refractivity contribution < 1.29 is 43.3 Å². The second-order valence-corrected chi connectivity index (χ2v) is 1.18. The molecular formula is F3FeO3S. The Bertz CT molecular complexity index is 97.7. The first-order valence-corrected chi connectivity index (χ1v) is 1.96. The maximum absolute atomic E-state index is 10.1. The molecule has 0 aliphatic carbocycles. The van der Waals surface area contributed by atoms with Crippen LogP contribution in [0.1, 0.15) is 0 Å². The third kappa shape index (κ3) is 3520. The van der Waals surface area contributed by atoms with Crippen LogP contribution in [0.25, 0.3) is 0 Å². The number of halogens is 3. The molecule has 0 atom stereocenters. The van der Waals surface area contributed by atoms with Gasteiger partial charge >= 0.3 is 17.1 Å². The molecule has 0 aromatic carbocycles. The smallest absolute Gasteiger partial charge is 1.00 e. The fourth-order valence-corrected chi connectivity index (χ4v) is 0. The fraction of sp³-hybridized carbons (Fsp3) is 0. The van der Waals surface area contributed by atoms with Gasteiger partial charge in [-0.2, -0.15) is 0 Å². The maximum Gasteiger partial charge on any atom is 3.00 e. The van der Waals surface area contributed by atoms with Gasteiger partial charge in [0.05, 0.1) is 0 Å². The van der Waals surface area contributed by atoms with Gasteiger partial charge in [0.25, 0.3) is 10.5 Å². The zero-order valence-corrected chi connectivity index (χ0v) is 5.04. The van der Waals surface area contributed by atoms with Crippen LogP contribution in [0, 0.1) is 0 Å². The molecule has 0 spiro atoms. The second kappa shape index (κ2) is 7.22. The van der Waals surface area contributed by atoms with E-state index in [1.165, 1.54) is 0 Å². The Morgan fingerprint density at radius 2 is 1.25 bits per heavy atom. The van der Waals surface area contributed by atoms with Gasteiger partial charge in [0.15, 0.2) is 0 Å². The first-order chi connectivity index (χ1) is 2.00. The summed E-state index contributed by atoms with van der Waals surface area (Å²) < 4.78 is 35.3. The van der Waals surface area contributed by atoms with Crippen molar-refractivity contribution in [3.8, 4) is 0 Å². The summed E-state index contributed by atoms with van der Waals surface area (Å²) in [5.74, 6) is 0. The van der Waals surface area contributed by atoms with Gasteiger partial charge in [-0.15, -0.1) is 3.89 Å². The summed E-state index contributed by atoms with van der Waals surface area (Å²) in [6, 6.07) is 0. The van der Waals surface area contributed by atoms with Crippen molar-refractivity contribution in [3.63, 3.8) is 0 Å². The predicted octanol–water partition coefficient (Wildman–Crippen LogP) is -6.58. The minimum atomic E-state index is -5.42. The van der Waals surface area contributed by atoms with Crippen LogP contribution in [0.4, 0.5) is 3.89 Å². The van der Waals surface area contributed by atoms with Gasteiger partial charge in [0.2, 0.25) is 0 Å². The molecule has 0 aromatic heterocycles. The van der Waals surface area contributed by atoms with E-state index in [0.29, 0.717) is 0 Å². The van der Waals surface area contributed by atoms with Gasteiger partial charge in [-0.25, -0.2) is 8.42 Å². The van der Waals surface area contributed by atoms with Crippen molar-refractivity contribution in [3.05, 3.63) is 0 Å². The predicted molar refractivity (Wildman–Crippen MR) is 10.8 cm³/mol. The molecule has 0 rings (SSSR count). The van der Waals surface area contributed by atoms with Crippen LogP contribution >= 0.6 is 0 Å². The van der Waals surface area contributed by atoms with Crippen LogP contribution in [-0.4, -0.2) is 13.0 Å². The van der Waals surface area contributed by atoms with Crippen molar-refractivity contribution in [1.29, 1.82) is 0 Å². The Balaban J connectivity index is -0.0000000267. The third-order valence-corrected chi connectivity index (χ3v) is 0. The van der Waals surface area contributed by atoms with Gasteiger partial charge in [-0.05, 0) is 0 Å². The SMILES string of the molecule is O=S(=O)([O-])F.[F-].[F-].[Fe+3]. The first kappa shape index (κ1) is 24.1. The maximum atomic E-state index is 10.1. The van der Waals surface area contributed by atoms with E-state index in [0.717, 1.165) is 0 Å². The topological polar surface area (TPSA) is 57.2 Å².